The molecule has 4 heterocycles. The van der Waals surface area contributed by atoms with Gasteiger partial charge in [0.1, 0.15) is 34.4 Å². The summed E-state index contributed by atoms with van der Waals surface area (Å²) in [5.74, 6) is -1.22. The van der Waals surface area contributed by atoms with Crippen LogP contribution in [0.15, 0.2) is 119 Å². The standard InChI is InChI=1S/C23H23ClN4O4S.C21H21ClN4O3S/c1-14(29)26-20-7-5-6-18(27-20)22(30)21-19(12-16(24)13-25-21)28-33(31,32)17-10-8-15(9-11-17)23(2,3)4;1-21(2,3)13-7-9-15(10-8-13)30(28,29)26-17-11-14(22)12-24-19(17)20(27)16-5-4-6-18(23)25-16/h5-13,28H,1-4H3,(H,26,27,29);4-12,26H,1-3H3,(H2,23,25). The molecule has 0 aliphatic carbocycles. The molecule has 4 aromatic heterocycles. The predicted octanol–water partition coefficient (Wildman–Crippen LogP) is 8.46. The molecule has 15 nitrogen and oxygen atoms in total. The Balaban J connectivity index is 0.000000239. The van der Waals surface area contributed by atoms with Crippen molar-refractivity contribution in [2.24, 2.45) is 0 Å². The number of aromatic nitrogens is 4. The molecule has 1 amide bonds. The first kappa shape index (κ1) is 47.8. The predicted molar refractivity (Wildman–Crippen MR) is 244 cm³/mol. The third-order valence-electron chi connectivity index (χ3n) is 8.98. The summed E-state index contributed by atoms with van der Waals surface area (Å²) < 4.78 is 56.6. The largest absolute Gasteiger partial charge is 0.384 e. The SMILES string of the molecule is CC(=O)Nc1cccc(C(=O)c2ncc(Cl)cc2NS(=O)(=O)c2ccc(C(C)(C)C)cc2)n1.CC(C)(C)c1ccc(S(=O)(=O)Nc2cc(Cl)cnc2C(=O)c2cccc(N)n2)cc1. The second-order valence-corrected chi connectivity index (χ2v) is 20.3. The summed E-state index contributed by atoms with van der Waals surface area (Å²) in [6.45, 7) is 13.5. The molecule has 0 bridgehead atoms. The molecule has 6 rings (SSSR count). The van der Waals surface area contributed by atoms with Crippen LogP contribution in [0.25, 0.3) is 0 Å². The number of pyridine rings is 4. The van der Waals surface area contributed by atoms with Gasteiger partial charge in [0, 0.05) is 19.3 Å². The Hall–Kier alpha value is -6.27. The van der Waals surface area contributed by atoms with Crippen molar-refractivity contribution in [1.29, 1.82) is 0 Å². The van der Waals surface area contributed by atoms with E-state index in [0.717, 1.165) is 11.1 Å². The Labute approximate surface area is 376 Å². The van der Waals surface area contributed by atoms with Crippen LogP contribution >= 0.6 is 23.2 Å². The molecule has 19 heteroatoms. The van der Waals surface area contributed by atoms with Gasteiger partial charge >= 0.3 is 0 Å². The molecule has 0 aliphatic rings. The number of amides is 1. The Kier molecular flexibility index (Phi) is 14.4. The summed E-state index contributed by atoms with van der Waals surface area (Å²) >= 11 is 12.0. The molecule has 63 heavy (non-hydrogen) atoms. The van der Waals surface area contributed by atoms with Gasteiger partial charge in [-0.25, -0.2) is 36.8 Å². The van der Waals surface area contributed by atoms with Gasteiger partial charge in [0.05, 0.1) is 31.2 Å². The molecule has 0 saturated heterocycles. The van der Waals surface area contributed by atoms with E-state index in [1.165, 1.54) is 80.0 Å². The van der Waals surface area contributed by atoms with Crippen molar-refractivity contribution in [3.63, 3.8) is 0 Å². The average molecular weight is 932 g/mol. The van der Waals surface area contributed by atoms with Gasteiger partial charge in [-0.2, -0.15) is 0 Å². The highest BCUT2D eigenvalue weighted by Gasteiger charge is 2.25. The lowest BCUT2D eigenvalue weighted by molar-refractivity contribution is -0.114. The number of halogens is 2. The van der Waals surface area contributed by atoms with Crippen LogP contribution in [0, 0.1) is 0 Å². The zero-order chi connectivity index (χ0) is 46.5. The number of sulfonamides is 2. The number of nitrogens with one attached hydrogen (secondary N) is 3. The summed E-state index contributed by atoms with van der Waals surface area (Å²) in [6, 6.07) is 24.8. The van der Waals surface area contributed by atoms with E-state index in [0.29, 0.717) is 0 Å². The Bertz CT molecular complexity index is 2920. The first-order valence-corrected chi connectivity index (χ1v) is 22.7. The second-order valence-electron chi connectivity index (χ2n) is 16.1. The number of hydrogen-bond donors (Lipinski definition) is 4. The number of nitrogens with zero attached hydrogens (tertiary/aromatic N) is 4. The minimum absolute atomic E-state index is 0.0222. The number of rotatable bonds is 11. The summed E-state index contributed by atoms with van der Waals surface area (Å²) in [5.41, 5.74) is 6.95. The molecule has 0 aliphatic heterocycles. The molecule has 5 N–H and O–H groups in total. The van der Waals surface area contributed by atoms with Crippen LogP contribution in [0.5, 0.6) is 0 Å². The number of nitrogen functional groups attached to an aromatic ring is 1. The minimum atomic E-state index is -4.03. The molecular formula is C44H44Cl2N8O7S2. The minimum Gasteiger partial charge on any atom is -0.384 e. The molecule has 0 unspecified atom stereocenters. The maximum absolute atomic E-state index is 13.1. The molecule has 328 valence electrons. The second kappa shape index (κ2) is 19.0. The third-order valence-corrected chi connectivity index (χ3v) is 12.2. The third kappa shape index (κ3) is 12.4. The van der Waals surface area contributed by atoms with Crippen molar-refractivity contribution in [3.05, 3.63) is 153 Å². The number of carbonyl (C=O) groups is 3. The molecule has 0 radical (unpaired) electrons. The van der Waals surface area contributed by atoms with E-state index in [1.54, 1.807) is 36.4 Å². The summed E-state index contributed by atoms with van der Waals surface area (Å²) in [6.07, 6.45) is 2.50. The van der Waals surface area contributed by atoms with Gasteiger partial charge in [-0.05, 0) is 82.6 Å². The molecule has 0 spiro atoms. The van der Waals surface area contributed by atoms with Crippen molar-refractivity contribution >= 4 is 83.7 Å². The van der Waals surface area contributed by atoms with Gasteiger partial charge in [-0.15, -0.1) is 0 Å². The first-order chi connectivity index (χ1) is 29.3. The van der Waals surface area contributed by atoms with E-state index in [-0.39, 0.29) is 82.4 Å². The Morgan fingerprint density at radius 1 is 0.587 bits per heavy atom. The summed E-state index contributed by atoms with van der Waals surface area (Å²) in [4.78, 5) is 53.4. The molecule has 6 aromatic rings. The van der Waals surface area contributed by atoms with Crippen molar-refractivity contribution in [1.82, 2.24) is 19.9 Å². The summed E-state index contributed by atoms with van der Waals surface area (Å²) in [7, 11) is -8.02. The highest BCUT2D eigenvalue weighted by Crippen LogP contribution is 2.29. The lowest BCUT2D eigenvalue weighted by atomic mass is 9.87. The molecular weight excluding hydrogens is 888 g/mol. The van der Waals surface area contributed by atoms with E-state index in [4.69, 9.17) is 28.9 Å². The highest BCUT2D eigenvalue weighted by molar-refractivity contribution is 7.93. The van der Waals surface area contributed by atoms with Crippen LogP contribution in [0.2, 0.25) is 10.0 Å². The molecule has 0 atom stereocenters. The molecule has 0 fully saturated rings. The molecule has 0 saturated carbocycles. The first-order valence-electron chi connectivity index (χ1n) is 19.0. The van der Waals surface area contributed by atoms with Gasteiger partial charge in [0.2, 0.25) is 17.5 Å². The van der Waals surface area contributed by atoms with Crippen LogP contribution in [-0.2, 0) is 35.7 Å². The normalized spacial score (nSPS) is 11.8. The zero-order valence-corrected chi connectivity index (χ0v) is 38.3. The topological polar surface area (TPSA) is 233 Å². The maximum atomic E-state index is 13.1. The fourth-order valence-corrected chi connectivity index (χ4v) is 8.13. The van der Waals surface area contributed by atoms with Crippen molar-refractivity contribution in [3.8, 4) is 0 Å². The molecule has 2 aromatic carbocycles. The highest BCUT2D eigenvalue weighted by atomic mass is 35.5. The quantitative estimate of drug-likeness (QED) is 0.0896. The van der Waals surface area contributed by atoms with Crippen LogP contribution in [-0.4, -0.2) is 54.2 Å². The number of carbonyl (C=O) groups excluding carboxylic acids is 3. The van der Waals surface area contributed by atoms with E-state index >= 15 is 0 Å². The lowest BCUT2D eigenvalue weighted by Gasteiger charge is -2.19. The van der Waals surface area contributed by atoms with E-state index in [1.807, 2.05) is 41.5 Å². The van der Waals surface area contributed by atoms with Gasteiger partial charge in [0.25, 0.3) is 20.0 Å². The van der Waals surface area contributed by atoms with Crippen LogP contribution in [0.4, 0.5) is 23.0 Å². The maximum Gasteiger partial charge on any atom is 0.261 e. The number of benzene rings is 2. The van der Waals surface area contributed by atoms with Crippen LogP contribution in [0.1, 0.15) is 92.0 Å². The van der Waals surface area contributed by atoms with Crippen LogP contribution < -0.4 is 20.5 Å². The Morgan fingerprint density at radius 3 is 1.37 bits per heavy atom. The van der Waals surface area contributed by atoms with Gasteiger partial charge < -0.3 is 11.1 Å². The lowest BCUT2D eigenvalue weighted by Crippen LogP contribution is -2.18. The average Bonchev–Trinajstić information content (AvgIpc) is 3.20. The van der Waals surface area contributed by atoms with E-state index in [9.17, 15) is 31.2 Å². The van der Waals surface area contributed by atoms with E-state index in [2.05, 4.69) is 34.7 Å². The van der Waals surface area contributed by atoms with Gasteiger partial charge in [-0.3, -0.25) is 23.8 Å². The van der Waals surface area contributed by atoms with Crippen molar-refractivity contribution in [2.45, 2.75) is 69.1 Å². The Morgan fingerprint density at radius 2 is 0.984 bits per heavy atom. The van der Waals surface area contributed by atoms with Crippen molar-refractivity contribution in [2.75, 3.05) is 20.5 Å². The summed E-state index contributed by atoms with van der Waals surface area (Å²) in [5, 5.41) is 2.81. The van der Waals surface area contributed by atoms with Gasteiger partial charge in [-0.1, -0.05) is 101 Å². The number of hydrogen-bond acceptors (Lipinski definition) is 12. The fourth-order valence-electron chi connectivity index (χ4n) is 5.70. The number of nitrogens with two attached hydrogens (primary N) is 1. The van der Waals surface area contributed by atoms with Crippen molar-refractivity contribution < 1.29 is 31.2 Å². The number of anilines is 4. The van der Waals surface area contributed by atoms with Gasteiger partial charge in [0.15, 0.2) is 0 Å². The smallest absolute Gasteiger partial charge is 0.261 e. The van der Waals surface area contributed by atoms with Crippen LogP contribution in [0.3, 0.4) is 0 Å². The number of ketones is 2. The van der Waals surface area contributed by atoms with E-state index < -0.39 is 31.6 Å². The fraction of sp³-hybridized carbons (Fsp3) is 0.205. The monoisotopic (exact) mass is 930 g/mol. The zero-order valence-electron chi connectivity index (χ0n) is 35.2.